The molecule has 0 heterocycles. The number of rotatable bonds is 6. The van der Waals surface area contributed by atoms with Crippen molar-refractivity contribution in [2.24, 2.45) is 5.92 Å². The molecule has 0 radical (unpaired) electrons. The third-order valence-electron chi connectivity index (χ3n) is 4.45. The minimum atomic E-state index is -3.45. The number of nitrogens with one attached hydrogen (secondary N) is 1. The van der Waals surface area contributed by atoms with Gasteiger partial charge in [0.2, 0.25) is 10.0 Å². The average Bonchev–Trinajstić information content (AvgIpc) is 2.53. The molecule has 5 nitrogen and oxygen atoms in total. The Labute approximate surface area is 149 Å². The predicted molar refractivity (Wildman–Crippen MR) is 98.1 cm³/mol. The highest BCUT2D eigenvalue weighted by molar-refractivity contribution is 7.92. The molecule has 1 aliphatic rings. The topological polar surface area (TPSA) is 66.5 Å². The molecular formula is C17H25ClN2O3S. The molecule has 1 saturated carbocycles. The van der Waals surface area contributed by atoms with Crippen LogP contribution in [0.15, 0.2) is 18.2 Å². The van der Waals surface area contributed by atoms with E-state index in [2.05, 4.69) is 4.72 Å². The van der Waals surface area contributed by atoms with Gasteiger partial charge < -0.3 is 4.90 Å². The molecule has 0 aliphatic heterocycles. The second kappa shape index (κ2) is 8.21. The van der Waals surface area contributed by atoms with Crippen molar-refractivity contribution in [1.29, 1.82) is 0 Å². The molecule has 134 valence electrons. The minimum absolute atomic E-state index is 0.126. The lowest BCUT2D eigenvalue weighted by Crippen LogP contribution is -2.29. The summed E-state index contributed by atoms with van der Waals surface area (Å²) in [6.07, 6.45) is 8.49. The molecule has 1 aliphatic carbocycles. The van der Waals surface area contributed by atoms with Crippen molar-refractivity contribution >= 4 is 33.2 Å². The summed E-state index contributed by atoms with van der Waals surface area (Å²) in [5.74, 6) is 0.584. The molecule has 1 amide bonds. The van der Waals surface area contributed by atoms with Crippen LogP contribution in [-0.4, -0.2) is 39.1 Å². The van der Waals surface area contributed by atoms with Gasteiger partial charge in [-0.1, -0.05) is 43.7 Å². The Morgan fingerprint density at radius 1 is 1.29 bits per heavy atom. The highest BCUT2D eigenvalue weighted by Gasteiger charge is 2.18. The first-order chi connectivity index (χ1) is 11.3. The highest BCUT2D eigenvalue weighted by atomic mass is 35.5. The molecule has 0 spiro atoms. The van der Waals surface area contributed by atoms with Gasteiger partial charge in [-0.25, -0.2) is 8.42 Å². The van der Waals surface area contributed by atoms with E-state index in [9.17, 15) is 13.2 Å². The number of carbonyl (C=O) groups excluding carboxylic acids is 1. The third-order valence-corrected chi connectivity index (χ3v) is 5.37. The van der Waals surface area contributed by atoms with Gasteiger partial charge in [-0.2, -0.15) is 0 Å². The summed E-state index contributed by atoms with van der Waals surface area (Å²) in [6.45, 7) is 0.709. The average molecular weight is 373 g/mol. The van der Waals surface area contributed by atoms with Crippen LogP contribution in [-0.2, 0) is 10.0 Å². The SMILES string of the molecule is CN(CCC1CCCCC1)C(=O)c1ccc(Cl)c(NS(C)(=O)=O)c1. The molecule has 24 heavy (non-hydrogen) atoms. The Morgan fingerprint density at radius 2 is 1.96 bits per heavy atom. The van der Waals surface area contributed by atoms with E-state index in [4.69, 9.17) is 11.6 Å². The van der Waals surface area contributed by atoms with Crippen molar-refractivity contribution < 1.29 is 13.2 Å². The number of anilines is 1. The number of hydrogen-bond acceptors (Lipinski definition) is 3. The molecule has 1 aromatic carbocycles. The van der Waals surface area contributed by atoms with Crippen molar-refractivity contribution in [2.45, 2.75) is 38.5 Å². The molecule has 1 aromatic rings. The summed E-state index contributed by atoms with van der Waals surface area (Å²) in [4.78, 5) is 14.2. The van der Waals surface area contributed by atoms with Crippen molar-refractivity contribution in [3.05, 3.63) is 28.8 Å². The second-order valence-corrected chi connectivity index (χ2v) is 8.74. The van der Waals surface area contributed by atoms with Gasteiger partial charge in [0.1, 0.15) is 0 Å². The van der Waals surface area contributed by atoms with E-state index in [1.165, 1.54) is 44.2 Å². The maximum Gasteiger partial charge on any atom is 0.253 e. The van der Waals surface area contributed by atoms with Gasteiger partial charge >= 0.3 is 0 Å². The first kappa shape index (κ1) is 19.1. The van der Waals surface area contributed by atoms with Crippen molar-refractivity contribution in [3.63, 3.8) is 0 Å². The number of sulfonamides is 1. The molecule has 0 atom stereocenters. The van der Waals surface area contributed by atoms with E-state index in [-0.39, 0.29) is 16.6 Å². The molecule has 7 heteroatoms. The van der Waals surface area contributed by atoms with Gasteiger partial charge in [0.15, 0.2) is 0 Å². The van der Waals surface area contributed by atoms with Gasteiger partial charge in [0.25, 0.3) is 5.91 Å². The first-order valence-electron chi connectivity index (χ1n) is 8.29. The molecule has 0 bridgehead atoms. The monoisotopic (exact) mass is 372 g/mol. The van der Waals surface area contributed by atoms with Gasteiger partial charge in [0, 0.05) is 19.2 Å². The van der Waals surface area contributed by atoms with Gasteiger partial charge in [0.05, 0.1) is 17.0 Å². The Morgan fingerprint density at radius 3 is 2.58 bits per heavy atom. The van der Waals surface area contributed by atoms with Crippen LogP contribution >= 0.6 is 11.6 Å². The van der Waals surface area contributed by atoms with E-state index in [0.29, 0.717) is 18.0 Å². The number of halogens is 1. The number of benzene rings is 1. The number of amides is 1. The maximum atomic E-state index is 12.6. The molecule has 0 unspecified atom stereocenters. The summed E-state index contributed by atoms with van der Waals surface area (Å²) in [5, 5.41) is 0.266. The summed E-state index contributed by atoms with van der Waals surface area (Å²) in [7, 11) is -1.67. The van der Waals surface area contributed by atoms with Gasteiger partial charge in [-0.3, -0.25) is 9.52 Å². The van der Waals surface area contributed by atoms with E-state index in [0.717, 1.165) is 12.7 Å². The van der Waals surface area contributed by atoms with Crippen molar-refractivity contribution in [2.75, 3.05) is 24.6 Å². The first-order valence-corrected chi connectivity index (χ1v) is 10.6. The molecule has 0 aromatic heterocycles. The van der Waals surface area contributed by atoms with E-state index in [1.54, 1.807) is 18.0 Å². The maximum absolute atomic E-state index is 12.6. The van der Waals surface area contributed by atoms with Crippen LogP contribution in [0, 0.1) is 5.92 Å². The van der Waals surface area contributed by atoms with Crippen LogP contribution in [0.4, 0.5) is 5.69 Å². The lowest BCUT2D eigenvalue weighted by molar-refractivity contribution is 0.0784. The predicted octanol–water partition coefficient (Wildman–Crippen LogP) is 3.75. The molecule has 1 fully saturated rings. The Balaban J connectivity index is 2.01. The molecular weight excluding hydrogens is 348 g/mol. The molecule has 0 saturated heterocycles. The fraction of sp³-hybridized carbons (Fsp3) is 0.588. The van der Waals surface area contributed by atoms with Gasteiger partial charge in [-0.15, -0.1) is 0 Å². The Kier molecular flexibility index (Phi) is 6.52. The van der Waals surface area contributed by atoms with Crippen LogP contribution in [0.25, 0.3) is 0 Å². The molecule has 2 rings (SSSR count). The number of nitrogens with zero attached hydrogens (tertiary/aromatic N) is 1. The quantitative estimate of drug-likeness (QED) is 0.826. The summed E-state index contributed by atoms with van der Waals surface area (Å²) < 4.78 is 25.1. The van der Waals surface area contributed by atoms with Gasteiger partial charge in [-0.05, 0) is 30.5 Å². The smallest absolute Gasteiger partial charge is 0.253 e. The zero-order valence-corrected chi connectivity index (χ0v) is 15.8. The fourth-order valence-electron chi connectivity index (χ4n) is 3.11. The molecule has 1 N–H and O–H groups in total. The van der Waals surface area contributed by atoms with E-state index in [1.807, 2.05) is 0 Å². The Bertz CT molecular complexity index is 685. The standard InChI is InChI=1S/C17H25ClN2O3S/c1-20(11-10-13-6-4-3-5-7-13)17(21)14-8-9-15(18)16(12-14)19-24(2,22)23/h8-9,12-13,19H,3-7,10-11H2,1-2H3. The normalized spacial score (nSPS) is 16.0. The number of carbonyl (C=O) groups is 1. The fourth-order valence-corrected chi connectivity index (χ4v) is 3.90. The summed E-state index contributed by atoms with van der Waals surface area (Å²) >= 11 is 6.00. The highest BCUT2D eigenvalue weighted by Crippen LogP contribution is 2.27. The Hall–Kier alpha value is -1.27. The van der Waals surface area contributed by atoms with Crippen LogP contribution in [0.1, 0.15) is 48.9 Å². The van der Waals surface area contributed by atoms with Crippen molar-refractivity contribution in [1.82, 2.24) is 4.90 Å². The van der Waals surface area contributed by atoms with E-state index < -0.39 is 10.0 Å². The number of hydrogen-bond donors (Lipinski definition) is 1. The summed E-state index contributed by atoms with van der Waals surface area (Å²) in [5.41, 5.74) is 0.655. The lowest BCUT2D eigenvalue weighted by atomic mass is 9.87. The summed E-state index contributed by atoms with van der Waals surface area (Å²) in [6, 6.07) is 4.65. The second-order valence-electron chi connectivity index (χ2n) is 6.59. The third kappa shape index (κ3) is 5.67. The largest absolute Gasteiger partial charge is 0.342 e. The zero-order valence-electron chi connectivity index (χ0n) is 14.2. The van der Waals surface area contributed by atoms with E-state index >= 15 is 0 Å². The zero-order chi connectivity index (χ0) is 17.7. The van der Waals surface area contributed by atoms with Crippen molar-refractivity contribution in [3.8, 4) is 0 Å². The lowest BCUT2D eigenvalue weighted by Gasteiger charge is -2.25. The van der Waals surface area contributed by atoms with Crippen LogP contribution < -0.4 is 4.72 Å². The van der Waals surface area contributed by atoms with Crippen LogP contribution in [0.2, 0.25) is 5.02 Å². The van der Waals surface area contributed by atoms with Crippen LogP contribution in [0.5, 0.6) is 0 Å². The minimum Gasteiger partial charge on any atom is -0.342 e. The van der Waals surface area contributed by atoms with Crippen LogP contribution in [0.3, 0.4) is 0 Å².